The molecule has 0 saturated heterocycles. The average molecular weight is 328 g/mol. The third-order valence-electron chi connectivity index (χ3n) is 4.30. The number of fused-ring (bicyclic) bond motifs is 1. The predicted molar refractivity (Wildman–Crippen MR) is 93.0 cm³/mol. The van der Waals surface area contributed by atoms with E-state index in [4.69, 9.17) is 15.0 Å². The van der Waals surface area contributed by atoms with Crippen LogP contribution in [-0.2, 0) is 19.4 Å². The van der Waals surface area contributed by atoms with Crippen molar-refractivity contribution in [3.63, 3.8) is 0 Å². The zero-order valence-electron chi connectivity index (χ0n) is 14.2. The Morgan fingerprint density at radius 3 is 2.96 bits per heavy atom. The summed E-state index contributed by atoms with van der Waals surface area (Å²) in [5, 5.41) is 7.42. The second kappa shape index (κ2) is 7.38. The molecule has 2 aromatic rings. The summed E-state index contributed by atoms with van der Waals surface area (Å²) in [6.45, 7) is 5.27. The van der Waals surface area contributed by atoms with Gasteiger partial charge in [0, 0.05) is 24.0 Å². The van der Waals surface area contributed by atoms with E-state index in [1.54, 1.807) is 0 Å². The van der Waals surface area contributed by atoms with Crippen LogP contribution in [0.3, 0.4) is 0 Å². The summed E-state index contributed by atoms with van der Waals surface area (Å²) in [6.07, 6.45) is 2.49. The number of nitrogens with one attached hydrogen (secondary N) is 1. The summed E-state index contributed by atoms with van der Waals surface area (Å²) in [6, 6.07) is 8.15. The quantitative estimate of drug-likeness (QED) is 0.651. The number of rotatable bonds is 5. The maximum atomic E-state index is 6.11. The third kappa shape index (κ3) is 3.37. The van der Waals surface area contributed by atoms with Crippen LogP contribution in [0, 0.1) is 0 Å². The molecule has 3 N–H and O–H groups in total. The lowest BCUT2D eigenvalue weighted by Gasteiger charge is -2.26. The van der Waals surface area contributed by atoms with E-state index < -0.39 is 0 Å². The Hall–Kier alpha value is -2.50. The number of aliphatic imine (C=N–C) groups is 1. The lowest BCUT2D eigenvalue weighted by molar-refractivity contribution is 0.262. The Bertz CT molecular complexity index is 702. The Morgan fingerprint density at radius 1 is 1.33 bits per heavy atom. The summed E-state index contributed by atoms with van der Waals surface area (Å²) in [7, 11) is 0. The van der Waals surface area contributed by atoms with Gasteiger partial charge in [-0.2, -0.15) is 0 Å². The van der Waals surface area contributed by atoms with Gasteiger partial charge in [-0.1, -0.05) is 37.2 Å². The first-order valence-corrected chi connectivity index (χ1v) is 8.47. The summed E-state index contributed by atoms with van der Waals surface area (Å²) in [5.41, 5.74) is 9.24. The predicted octanol–water partition coefficient (Wildman–Crippen LogP) is 2.73. The standard InChI is InChI=1S/C18H24N4O2/c1-3-14-13(16(4-2)24-22-14)11-20-18(19)21-15-9-10-23-17-8-6-5-7-12(15)17/h5-8,15H,3-4,9-11H2,1-2H3,(H3,19,20,21). The molecule has 0 aliphatic carbocycles. The summed E-state index contributed by atoms with van der Waals surface area (Å²) in [5.74, 6) is 2.23. The molecule has 1 aliphatic heterocycles. The number of aryl methyl sites for hydroxylation is 2. The molecule has 128 valence electrons. The van der Waals surface area contributed by atoms with Crippen molar-refractivity contribution in [1.29, 1.82) is 0 Å². The van der Waals surface area contributed by atoms with Crippen LogP contribution in [0.1, 0.15) is 48.9 Å². The van der Waals surface area contributed by atoms with Crippen molar-refractivity contribution in [3.05, 3.63) is 46.8 Å². The van der Waals surface area contributed by atoms with Crippen molar-refractivity contribution in [2.45, 2.75) is 45.7 Å². The molecule has 1 atom stereocenters. The number of aromatic nitrogens is 1. The third-order valence-corrected chi connectivity index (χ3v) is 4.30. The number of benzene rings is 1. The minimum atomic E-state index is 0.123. The van der Waals surface area contributed by atoms with Crippen LogP contribution in [0.2, 0.25) is 0 Å². The van der Waals surface area contributed by atoms with Gasteiger partial charge in [0.25, 0.3) is 0 Å². The van der Waals surface area contributed by atoms with Gasteiger partial charge >= 0.3 is 0 Å². The van der Waals surface area contributed by atoms with E-state index in [2.05, 4.69) is 28.5 Å². The molecule has 2 heterocycles. The first-order chi connectivity index (χ1) is 11.7. The van der Waals surface area contributed by atoms with Gasteiger partial charge in [0.15, 0.2) is 5.96 Å². The highest BCUT2D eigenvalue weighted by Gasteiger charge is 2.21. The number of hydrogen-bond acceptors (Lipinski definition) is 4. The van der Waals surface area contributed by atoms with Crippen LogP contribution >= 0.6 is 0 Å². The number of guanidine groups is 1. The van der Waals surface area contributed by atoms with E-state index in [9.17, 15) is 0 Å². The largest absolute Gasteiger partial charge is 0.493 e. The lowest BCUT2D eigenvalue weighted by Crippen LogP contribution is -2.37. The van der Waals surface area contributed by atoms with E-state index in [1.165, 1.54) is 0 Å². The van der Waals surface area contributed by atoms with E-state index in [1.807, 2.05) is 25.1 Å². The minimum Gasteiger partial charge on any atom is -0.493 e. The molecule has 0 fully saturated rings. The molecule has 1 aromatic carbocycles. The minimum absolute atomic E-state index is 0.123. The SMILES string of the molecule is CCc1noc(CC)c1CN=C(N)NC1CCOc2ccccc21. The molecule has 24 heavy (non-hydrogen) atoms. The highest BCUT2D eigenvalue weighted by atomic mass is 16.5. The van der Waals surface area contributed by atoms with Gasteiger partial charge in [-0.05, 0) is 12.5 Å². The van der Waals surface area contributed by atoms with Crippen molar-refractivity contribution < 1.29 is 9.26 Å². The zero-order valence-corrected chi connectivity index (χ0v) is 14.2. The van der Waals surface area contributed by atoms with E-state index in [-0.39, 0.29) is 6.04 Å². The van der Waals surface area contributed by atoms with Crippen LogP contribution in [0.25, 0.3) is 0 Å². The zero-order chi connectivity index (χ0) is 16.9. The maximum Gasteiger partial charge on any atom is 0.189 e. The van der Waals surface area contributed by atoms with Crippen molar-refractivity contribution in [2.75, 3.05) is 6.61 Å². The fourth-order valence-corrected chi connectivity index (χ4v) is 3.00. The number of ether oxygens (including phenoxy) is 1. The van der Waals surface area contributed by atoms with Gasteiger partial charge in [-0.3, -0.25) is 0 Å². The summed E-state index contributed by atoms with van der Waals surface area (Å²) < 4.78 is 11.0. The molecule has 6 heteroatoms. The van der Waals surface area contributed by atoms with Gasteiger partial charge in [0.05, 0.1) is 24.9 Å². The Morgan fingerprint density at radius 2 is 2.17 bits per heavy atom. The summed E-state index contributed by atoms with van der Waals surface area (Å²) >= 11 is 0. The van der Waals surface area contributed by atoms with Gasteiger partial charge < -0.3 is 20.3 Å². The number of para-hydroxylation sites is 1. The Balaban J connectivity index is 1.71. The van der Waals surface area contributed by atoms with E-state index in [0.29, 0.717) is 19.1 Å². The average Bonchev–Trinajstić information content (AvgIpc) is 3.02. The van der Waals surface area contributed by atoms with Crippen molar-refractivity contribution >= 4 is 5.96 Å². The molecule has 0 spiro atoms. The van der Waals surface area contributed by atoms with Crippen LogP contribution in [0.15, 0.2) is 33.8 Å². The fraction of sp³-hybridized carbons (Fsp3) is 0.444. The molecular formula is C18H24N4O2. The molecule has 1 aliphatic rings. The Labute approximate surface area is 142 Å². The molecular weight excluding hydrogens is 304 g/mol. The highest BCUT2D eigenvalue weighted by molar-refractivity contribution is 5.78. The smallest absolute Gasteiger partial charge is 0.189 e. The second-order valence-electron chi connectivity index (χ2n) is 5.81. The number of nitrogens with zero attached hydrogens (tertiary/aromatic N) is 2. The van der Waals surface area contributed by atoms with Gasteiger partial charge in [0.2, 0.25) is 0 Å². The molecule has 1 unspecified atom stereocenters. The van der Waals surface area contributed by atoms with E-state index in [0.717, 1.165) is 47.6 Å². The molecule has 1 aromatic heterocycles. The molecule has 0 bridgehead atoms. The van der Waals surface area contributed by atoms with Crippen LogP contribution < -0.4 is 15.8 Å². The van der Waals surface area contributed by atoms with E-state index >= 15 is 0 Å². The van der Waals surface area contributed by atoms with Gasteiger partial charge in [-0.25, -0.2) is 4.99 Å². The van der Waals surface area contributed by atoms with Crippen LogP contribution in [-0.4, -0.2) is 17.7 Å². The monoisotopic (exact) mass is 328 g/mol. The van der Waals surface area contributed by atoms with Crippen molar-refractivity contribution in [3.8, 4) is 5.75 Å². The first kappa shape index (κ1) is 16.4. The number of hydrogen-bond donors (Lipinski definition) is 2. The second-order valence-corrected chi connectivity index (χ2v) is 5.81. The summed E-state index contributed by atoms with van der Waals surface area (Å²) in [4.78, 5) is 4.49. The van der Waals surface area contributed by atoms with Crippen LogP contribution in [0.5, 0.6) is 5.75 Å². The maximum absolute atomic E-state index is 6.11. The lowest BCUT2D eigenvalue weighted by atomic mass is 10.0. The van der Waals surface area contributed by atoms with Crippen molar-refractivity contribution in [2.24, 2.45) is 10.7 Å². The topological polar surface area (TPSA) is 85.7 Å². The highest BCUT2D eigenvalue weighted by Crippen LogP contribution is 2.31. The van der Waals surface area contributed by atoms with Gasteiger partial charge in [0.1, 0.15) is 11.5 Å². The molecule has 0 radical (unpaired) electrons. The normalized spacial score (nSPS) is 17.2. The fourth-order valence-electron chi connectivity index (χ4n) is 3.00. The van der Waals surface area contributed by atoms with Crippen molar-refractivity contribution in [1.82, 2.24) is 10.5 Å². The molecule has 3 rings (SSSR count). The molecule has 0 saturated carbocycles. The Kier molecular flexibility index (Phi) is 5.03. The molecule has 6 nitrogen and oxygen atoms in total. The first-order valence-electron chi connectivity index (χ1n) is 8.47. The van der Waals surface area contributed by atoms with Gasteiger partial charge in [-0.15, -0.1) is 0 Å². The van der Waals surface area contributed by atoms with Crippen LogP contribution in [0.4, 0.5) is 0 Å². The number of nitrogens with two attached hydrogens (primary N) is 1. The molecule has 0 amide bonds.